The molecule has 3 rings (SSSR count). The molecule has 124 valence electrons. The average Bonchev–Trinajstić information content (AvgIpc) is 2.54. The first-order valence-electron chi connectivity index (χ1n) is 7.50. The van der Waals surface area contributed by atoms with Gasteiger partial charge in [0.05, 0.1) is 11.1 Å². The number of halogens is 1. The Labute approximate surface area is 145 Å². The monoisotopic (exact) mass is 344 g/mol. The van der Waals surface area contributed by atoms with Gasteiger partial charge in [0, 0.05) is 10.7 Å². The van der Waals surface area contributed by atoms with E-state index >= 15 is 0 Å². The summed E-state index contributed by atoms with van der Waals surface area (Å²) >= 11 is 5.90. The second-order valence-electron chi connectivity index (χ2n) is 6.13. The first-order valence-corrected chi connectivity index (χ1v) is 7.88. The van der Waals surface area contributed by atoms with Gasteiger partial charge < -0.3 is 15.4 Å². The number of hydrogen-bond acceptors (Lipinski definition) is 3. The number of amides is 2. The van der Waals surface area contributed by atoms with Crippen molar-refractivity contribution in [3.63, 3.8) is 0 Å². The molecule has 1 aliphatic rings. The molecule has 2 amide bonds. The molecule has 0 fully saturated rings. The molecule has 0 aromatic heterocycles. The fraction of sp³-hybridized carbons (Fsp3) is 0.222. The number of ether oxygens (including phenoxy) is 1. The van der Waals surface area contributed by atoms with Crippen molar-refractivity contribution in [1.29, 1.82) is 0 Å². The zero-order chi connectivity index (χ0) is 17.3. The van der Waals surface area contributed by atoms with E-state index in [9.17, 15) is 9.59 Å². The summed E-state index contributed by atoms with van der Waals surface area (Å²) in [4.78, 5) is 24.1. The molecule has 0 saturated heterocycles. The van der Waals surface area contributed by atoms with Crippen LogP contribution in [0.4, 0.5) is 11.4 Å². The van der Waals surface area contributed by atoms with Gasteiger partial charge in [-0.15, -0.1) is 0 Å². The number of carbonyl (C=O) groups excluding carboxylic acids is 2. The molecule has 0 spiro atoms. The minimum Gasteiger partial charge on any atom is -0.482 e. The standard InChI is InChI=1S/C18H17ClN2O3/c1-18(2,11-3-5-12(19)6-4-11)17(23)20-13-7-8-15-14(9-13)21-16(22)10-24-15/h3-9H,10H2,1-2H3,(H,20,23)(H,21,22). The molecular formula is C18H17ClN2O3. The van der Waals surface area contributed by atoms with Crippen molar-refractivity contribution in [2.45, 2.75) is 19.3 Å². The highest BCUT2D eigenvalue weighted by Crippen LogP contribution is 2.32. The number of nitrogens with one attached hydrogen (secondary N) is 2. The lowest BCUT2D eigenvalue weighted by Gasteiger charge is -2.25. The van der Waals surface area contributed by atoms with Crippen LogP contribution in [0, 0.1) is 0 Å². The van der Waals surface area contributed by atoms with Crippen molar-refractivity contribution in [1.82, 2.24) is 0 Å². The summed E-state index contributed by atoms with van der Waals surface area (Å²) in [7, 11) is 0. The second-order valence-corrected chi connectivity index (χ2v) is 6.57. The van der Waals surface area contributed by atoms with E-state index in [0.717, 1.165) is 5.56 Å². The minimum atomic E-state index is -0.736. The third-order valence-electron chi connectivity index (χ3n) is 4.00. The number of anilines is 2. The predicted molar refractivity (Wildman–Crippen MR) is 93.7 cm³/mol. The summed E-state index contributed by atoms with van der Waals surface area (Å²) in [6, 6.07) is 12.3. The first kappa shape index (κ1) is 16.3. The number of hydrogen-bond donors (Lipinski definition) is 2. The van der Waals surface area contributed by atoms with Crippen molar-refractivity contribution in [2.75, 3.05) is 17.2 Å². The number of rotatable bonds is 3. The molecule has 0 aliphatic carbocycles. The maximum atomic E-state index is 12.7. The van der Waals surface area contributed by atoms with E-state index in [2.05, 4.69) is 10.6 Å². The Kier molecular flexibility index (Phi) is 4.20. The van der Waals surface area contributed by atoms with Gasteiger partial charge in [-0.3, -0.25) is 9.59 Å². The van der Waals surface area contributed by atoms with E-state index < -0.39 is 5.41 Å². The Hall–Kier alpha value is -2.53. The molecule has 6 heteroatoms. The Morgan fingerprint density at radius 1 is 1.21 bits per heavy atom. The van der Waals surface area contributed by atoms with Crippen LogP contribution < -0.4 is 15.4 Å². The molecule has 0 atom stereocenters. The molecule has 1 aliphatic heterocycles. The lowest BCUT2D eigenvalue weighted by Crippen LogP contribution is -2.34. The molecule has 0 saturated carbocycles. The summed E-state index contributed by atoms with van der Waals surface area (Å²) in [5, 5.41) is 6.23. The summed E-state index contributed by atoms with van der Waals surface area (Å²) in [6.45, 7) is 3.69. The molecule has 1 heterocycles. The van der Waals surface area contributed by atoms with Crippen LogP contribution in [0.5, 0.6) is 5.75 Å². The largest absolute Gasteiger partial charge is 0.482 e. The molecular weight excluding hydrogens is 328 g/mol. The van der Waals surface area contributed by atoms with Crippen LogP contribution in [0.2, 0.25) is 5.02 Å². The average molecular weight is 345 g/mol. The molecule has 0 unspecified atom stereocenters. The van der Waals surface area contributed by atoms with Gasteiger partial charge in [0.1, 0.15) is 5.75 Å². The van der Waals surface area contributed by atoms with Crippen molar-refractivity contribution < 1.29 is 14.3 Å². The summed E-state index contributed by atoms with van der Waals surface area (Å²) < 4.78 is 5.31. The predicted octanol–water partition coefficient (Wildman–Crippen LogP) is 3.59. The lowest BCUT2D eigenvalue weighted by atomic mass is 9.83. The summed E-state index contributed by atoms with van der Waals surface area (Å²) in [5.41, 5.74) is 1.26. The Balaban J connectivity index is 1.80. The Morgan fingerprint density at radius 3 is 2.62 bits per heavy atom. The van der Waals surface area contributed by atoms with Gasteiger partial charge in [-0.1, -0.05) is 23.7 Å². The summed E-state index contributed by atoms with van der Waals surface area (Å²) in [6.07, 6.45) is 0. The van der Waals surface area contributed by atoms with Crippen molar-refractivity contribution >= 4 is 34.8 Å². The zero-order valence-electron chi connectivity index (χ0n) is 13.4. The van der Waals surface area contributed by atoms with Gasteiger partial charge in [-0.25, -0.2) is 0 Å². The van der Waals surface area contributed by atoms with Crippen LogP contribution >= 0.6 is 11.6 Å². The van der Waals surface area contributed by atoms with E-state index in [1.807, 2.05) is 26.0 Å². The van der Waals surface area contributed by atoms with Crippen LogP contribution in [-0.4, -0.2) is 18.4 Å². The number of benzene rings is 2. The molecule has 0 bridgehead atoms. The lowest BCUT2D eigenvalue weighted by molar-refractivity contribution is -0.120. The minimum absolute atomic E-state index is 0.00229. The summed E-state index contributed by atoms with van der Waals surface area (Å²) in [5.74, 6) is 0.213. The maximum Gasteiger partial charge on any atom is 0.262 e. The molecule has 5 nitrogen and oxygen atoms in total. The third-order valence-corrected chi connectivity index (χ3v) is 4.26. The number of fused-ring (bicyclic) bond motifs is 1. The molecule has 0 radical (unpaired) electrons. The van der Waals surface area contributed by atoms with Gasteiger partial charge in [0.15, 0.2) is 6.61 Å². The highest BCUT2D eigenvalue weighted by Gasteiger charge is 2.30. The van der Waals surface area contributed by atoms with Gasteiger partial charge in [0.2, 0.25) is 5.91 Å². The van der Waals surface area contributed by atoms with Crippen molar-refractivity contribution in [3.8, 4) is 5.75 Å². The molecule has 24 heavy (non-hydrogen) atoms. The van der Waals surface area contributed by atoms with Crippen molar-refractivity contribution in [2.24, 2.45) is 0 Å². The van der Waals surface area contributed by atoms with E-state index in [1.54, 1.807) is 30.3 Å². The van der Waals surface area contributed by atoms with E-state index in [4.69, 9.17) is 16.3 Å². The van der Waals surface area contributed by atoms with Crippen LogP contribution in [0.25, 0.3) is 0 Å². The molecule has 2 N–H and O–H groups in total. The normalized spacial score (nSPS) is 13.5. The van der Waals surface area contributed by atoms with E-state index in [-0.39, 0.29) is 18.4 Å². The fourth-order valence-electron chi connectivity index (χ4n) is 2.45. The zero-order valence-corrected chi connectivity index (χ0v) is 14.1. The Bertz CT molecular complexity index is 800. The van der Waals surface area contributed by atoms with E-state index in [0.29, 0.717) is 22.1 Å². The van der Waals surface area contributed by atoms with Crippen LogP contribution in [-0.2, 0) is 15.0 Å². The smallest absolute Gasteiger partial charge is 0.262 e. The molecule has 2 aromatic carbocycles. The van der Waals surface area contributed by atoms with Gasteiger partial charge in [-0.2, -0.15) is 0 Å². The molecule has 2 aromatic rings. The van der Waals surface area contributed by atoms with Gasteiger partial charge in [0.25, 0.3) is 5.91 Å². The third kappa shape index (κ3) is 3.21. The van der Waals surface area contributed by atoms with Crippen LogP contribution in [0.1, 0.15) is 19.4 Å². The van der Waals surface area contributed by atoms with Crippen LogP contribution in [0.15, 0.2) is 42.5 Å². The Morgan fingerprint density at radius 2 is 1.92 bits per heavy atom. The maximum absolute atomic E-state index is 12.7. The fourth-order valence-corrected chi connectivity index (χ4v) is 2.57. The van der Waals surface area contributed by atoms with Crippen LogP contribution in [0.3, 0.4) is 0 Å². The SMILES string of the molecule is CC(C)(C(=O)Nc1ccc2c(c1)NC(=O)CO2)c1ccc(Cl)cc1. The topological polar surface area (TPSA) is 67.4 Å². The second kappa shape index (κ2) is 6.17. The van der Waals surface area contributed by atoms with E-state index in [1.165, 1.54) is 0 Å². The van der Waals surface area contributed by atoms with Gasteiger partial charge in [-0.05, 0) is 49.7 Å². The van der Waals surface area contributed by atoms with Crippen molar-refractivity contribution in [3.05, 3.63) is 53.1 Å². The number of carbonyl (C=O) groups is 2. The highest BCUT2D eigenvalue weighted by atomic mass is 35.5. The quantitative estimate of drug-likeness (QED) is 0.894. The highest BCUT2D eigenvalue weighted by molar-refractivity contribution is 6.30. The first-order chi connectivity index (χ1) is 11.4. The van der Waals surface area contributed by atoms with Gasteiger partial charge >= 0.3 is 0 Å².